The Labute approximate surface area is 151 Å². The van der Waals surface area contributed by atoms with Crippen molar-refractivity contribution in [1.82, 2.24) is 9.97 Å². The summed E-state index contributed by atoms with van der Waals surface area (Å²) in [5.74, 6) is 2.11. The van der Waals surface area contributed by atoms with Gasteiger partial charge in [-0.2, -0.15) is 4.98 Å². The Kier molecular flexibility index (Phi) is 4.39. The normalized spacial score (nSPS) is 13.2. The van der Waals surface area contributed by atoms with E-state index >= 15 is 0 Å². The van der Waals surface area contributed by atoms with E-state index in [9.17, 15) is 4.39 Å². The monoisotopic (exact) mass is 351 g/mol. The first kappa shape index (κ1) is 16.3. The van der Waals surface area contributed by atoms with E-state index in [1.54, 1.807) is 31.5 Å². The van der Waals surface area contributed by atoms with Crippen molar-refractivity contribution in [2.45, 2.75) is 13.0 Å². The molecule has 0 saturated heterocycles. The molecule has 0 aliphatic carbocycles. The summed E-state index contributed by atoms with van der Waals surface area (Å²) in [4.78, 5) is 11.0. The zero-order valence-electron chi connectivity index (χ0n) is 14.4. The highest BCUT2D eigenvalue weighted by Gasteiger charge is 2.19. The molecule has 2 heterocycles. The second-order valence-electron chi connectivity index (χ2n) is 6.06. The summed E-state index contributed by atoms with van der Waals surface area (Å²) in [5, 5.41) is 0. The Balaban J connectivity index is 1.54. The minimum Gasteiger partial charge on any atom is -0.497 e. The van der Waals surface area contributed by atoms with E-state index in [-0.39, 0.29) is 5.82 Å². The molecule has 2 aromatic carbocycles. The predicted octanol–water partition coefficient (Wildman–Crippen LogP) is 3.98. The van der Waals surface area contributed by atoms with Crippen LogP contribution in [0.25, 0.3) is 0 Å². The molecule has 26 heavy (non-hydrogen) atoms. The molecule has 0 fully saturated rings. The Bertz CT molecular complexity index is 915. The van der Waals surface area contributed by atoms with Gasteiger partial charge in [0.25, 0.3) is 0 Å². The highest BCUT2D eigenvalue weighted by molar-refractivity contribution is 5.44. The van der Waals surface area contributed by atoms with E-state index in [1.165, 1.54) is 23.3 Å². The molecule has 3 aromatic rings. The van der Waals surface area contributed by atoms with Crippen LogP contribution in [-0.4, -0.2) is 23.6 Å². The Hall–Kier alpha value is -3.15. The first-order chi connectivity index (χ1) is 12.7. The molecule has 0 atom stereocenters. The quantitative estimate of drug-likeness (QED) is 0.712. The second kappa shape index (κ2) is 7.00. The third kappa shape index (κ3) is 3.44. The maximum absolute atomic E-state index is 13.0. The number of benzene rings is 2. The zero-order chi connectivity index (χ0) is 17.9. The Morgan fingerprint density at radius 2 is 1.81 bits per heavy atom. The van der Waals surface area contributed by atoms with Gasteiger partial charge in [-0.15, -0.1) is 0 Å². The number of hydrogen-bond donors (Lipinski definition) is 0. The van der Waals surface area contributed by atoms with Crippen LogP contribution >= 0.6 is 0 Å². The van der Waals surface area contributed by atoms with Crippen LogP contribution in [-0.2, 0) is 13.0 Å². The number of hydrogen-bond acceptors (Lipinski definition) is 5. The summed E-state index contributed by atoms with van der Waals surface area (Å²) < 4.78 is 24.0. The van der Waals surface area contributed by atoms with Crippen molar-refractivity contribution in [2.75, 3.05) is 18.6 Å². The number of anilines is 1. The lowest BCUT2D eigenvalue weighted by atomic mass is 10.00. The molecule has 0 unspecified atom stereocenters. The molecule has 0 radical (unpaired) electrons. The van der Waals surface area contributed by atoms with Crippen LogP contribution in [0.5, 0.6) is 17.4 Å². The van der Waals surface area contributed by atoms with Crippen molar-refractivity contribution in [2.24, 2.45) is 0 Å². The molecule has 1 aliphatic heterocycles. The molecule has 6 heteroatoms. The van der Waals surface area contributed by atoms with Gasteiger partial charge in [-0.05, 0) is 53.9 Å². The van der Waals surface area contributed by atoms with Gasteiger partial charge in [0.1, 0.15) is 17.3 Å². The van der Waals surface area contributed by atoms with Crippen LogP contribution in [0.1, 0.15) is 11.1 Å². The third-order valence-electron chi connectivity index (χ3n) is 4.36. The summed E-state index contributed by atoms with van der Waals surface area (Å²) in [6, 6.07) is 13.7. The molecular weight excluding hydrogens is 333 g/mol. The van der Waals surface area contributed by atoms with Gasteiger partial charge in [0.2, 0.25) is 11.8 Å². The highest BCUT2D eigenvalue weighted by atomic mass is 19.1. The van der Waals surface area contributed by atoms with Crippen molar-refractivity contribution >= 4 is 5.95 Å². The zero-order valence-corrected chi connectivity index (χ0v) is 14.4. The second-order valence-corrected chi connectivity index (χ2v) is 6.06. The van der Waals surface area contributed by atoms with Crippen LogP contribution < -0.4 is 14.4 Å². The first-order valence-electron chi connectivity index (χ1n) is 8.38. The van der Waals surface area contributed by atoms with Crippen molar-refractivity contribution in [1.29, 1.82) is 0 Å². The summed E-state index contributed by atoms with van der Waals surface area (Å²) in [6.07, 6.45) is 2.59. The summed E-state index contributed by atoms with van der Waals surface area (Å²) in [5.41, 5.74) is 2.53. The van der Waals surface area contributed by atoms with Gasteiger partial charge in [-0.1, -0.05) is 6.07 Å². The molecule has 0 spiro atoms. The standard InChI is InChI=1S/C20H18FN3O2/c1-25-18-5-2-14-9-11-24(13-15(14)12-18)20-22-10-8-19(23-20)26-17-6-3-16(21)4-7-17/h2-8,10,12H,9,11,13H2,1H3. The predicted molar refractivity (Wildman–Crippen MR) is 96.3 cm³/mol. The van der Waals surface area contributed by atoms with Gasteiger partial charge >= 0.3 is 0 Å². The maximum Gasteiger partial charge on any atom is 0.228 e. The fraction of sp³-hybridized carbons (Fsp3) is 0.200. The lowest BCUT2D eigenvalue weighted by Crippen LogP contribution is -2.31. The Morgan fingerprint density at radius 1 is 1.00 bits per heavy atom. The number of aromatic nitrogens is 2. The van der Waals surface area contributed by atoms with Gasteiger partial charge in [0.05, 0.1) is 7.11 Å². The molecule has 0 bridgehead atoms. The summed E-state index contributed by atoms with van der Waals surface area (Å²) >= 11 is 0. The fourth-order valence-corrected chi connectivity index (χ4v) is 3.00. The smallest absolute Gasteiger partial charge is 0.228 e. The molecule has 132 valence electrons. The highest BCUT2D eigenvalue weighted by Crippen LogP contribution is 2.27. The van der Waals surface area contributed by atoms with E-state index < -0.39 is 0 Å². The number of rotatable bonds is 4. The molecule has 0 N–H and O–H groups in total. The van der Waals surface area contributed by atoms with E-state index in [0.29, 0.717) is 24.1 Å². The summed E-state index contributed by atoms with van der Waals surface area (Å²) in [7, 11) is 1.67. The number of methoxy groups -OCH3 is 1. The summed E-state index contributed by atoms with van der Waals surface area (Å²) in [6.45, 7) is 1.55. The van der Waals surface area contributed by atoms with E-state index in [0.717, 1.165) is 18.7 Å². The van der Waals surface area contributed by atoms with E-state index in [2.05, 4.69) is 27.0 Å². The van der Waals surface area contributed by atoms with Crippen LogP contribution in [0.15, 0.2) is 54.7 Å². The first-order valence-corrected chi connectivity index (χ1v) is 8.38. The van der Waals surface area contributed by atoms with Gasteiger partial charge in [0.15, 0.2) is 0 Å². The van der Waals surface area contributed by atoms with Crippen molar-refractivity contribution < 1.29 is 13.9 Å². The average molecular weight is 351 g/mol. The SMILES string of the molecule is COc1ccc2c(c1)CN(c1nccc(Oc3ccc(F)cc3)n1)CC2. The minimum atomic E-state index is -0.303. The van der Waals surface area contributed by atoms with Crippen LogP contribution in [0.3, 0.4) is 0 Å². The number of fused-ring (bicyclic) bond motifs is 1. The average Bonchev–Trinajstić information content (AvgIpc) is 2.69. The largest absolute Gasteiger partial charge is 0.497 e. The van der Waals surface area contributed by atoms with Crippen LogP contribution in [0.4, 0.5) is 10.3 Å². The van der Waals surface area contributed by atoms with Crippen LogP contribution in [0, 0.1) is 5.82 Å². The molecular formula is C20H18FN3O2. The van der Waals surface area contributed by atoms with Gasteiger partial charge < -0.3 is 14.4 Å². The van der Waals surface area contributed by atoms with Crippen molar-refractivity contribution in [3.8, 4) is 17.4 Å². The molecule has 5 nitrogen and oxygen atoms in total. The van der Waals surface area contributed by atoms with Crippen LogP contribution in [0.2, 0.25) is 0 Å². The molecule has 4 rings (SSSR count). The van der Waals surface area contributed by atoms with Gasteiger partial charge in [-0.25, -0.2) is 9.37 Å². The van der Waals surface area contributed by atoms with Gasteiger partial charge in [-0.3, -0.25) is 0 Å². The third-order valence-corrected chi connectivity index (χ3v) is 4.36. The number of halogens is 1. The topological polar surface area (TPSA) is 47.5 Å². The lowest BCUT2D eigenvalue weighted by Gasteiger charge is -2.29. The molecule has 0 amide bonds. The number of nitrogens with zero attached hydrogens (tertiary/aromatic N) is 3. The van der Waals surface area contributed by atoms with Crippen molar-refractivity contribution in [3.05, 3.63) is 71.7 Å². The fourth-order valence-electron chi connectivity index (χ4n) is 3.00. The number of ether oxygens (including phenoxy) is 2. The Morgan fingerprint density at radius 3 is 2.62 bits per heavy atom. The molecule has 1 aliphatic rings. The van der Waals surface area contributed by atoms with Crippen molar-refractivity contribution in [3.63, 3.8) is 0 Å². The van der Waals surface area contributed by atoms with E-state index in [1.807, 2.05) is 6.07 Å². The van der Waals surface area contributed by atoms with E-state index in [4.69, 9.17) is 9.47 Å². The van der Waals surface area contributed by atoms with Gasteiger partial charge in [0, 0.05) is 25.4 Å². The lowest BCUT2D eigenvalue weighted by molar-refractivity contribution is 0.413. The maximum atomic E-state index is 13.0. The molecule has 0 saturated carbocycles. The molecule has 1 aromatic heterocycles. The minimum absolute atomic E-state index is 0.303.